The fourth-order valence-corrected chi connectivity index (χ4v) is 2.31. The van der Waals surface area contributed by atoms with Gasteiger partial charge in [-0.15, -0.1) is 0 Å². The molecule has 2 nitrogen and oxygen atoms in total. The molecule has 0 bridgehead atoms. The van der Waals surface area contributed by atoms with Gasteiger partial charge in [-0.3, -0.25) is 0 Å². The monoisotopic (exact) mass is 184 g/mol. The standard InChI is InChI=1S/C11H24N2/c1-10(7-12)8-13(2)9-11-5-3-4-6-11/h10-11H,3-9,12H2,1-2H3. The summed E-state index contributed by atoms with van der Waals surface area (Å²) in [5.74, 6) is 1.61. The van der Waals surface area contributed by atoms with Crippen LogP contribution in [-0.4, -0.2) is 31.6 Å². The highest BCUT2D eigenvalue weighted by Gasteiger charge is 2.17. The number of nitrogens with zero attached hydrogens (tertiary/aromatic N) is 1. The fourth-order valence-electron chi connectivity index (χ4n) is 2.31. The van der Waals surface area contributed by atoms with Gasteiger partial charge in [-0.1, -0.05) is 19.8 Å². The Balaban J connectivity index is 2.12. The first-order valence-corrected chi connectivity index (χ1v) is 5.61. The molecule has 0 aromatic rings. The number of rotatable bonds is 5. The van der Waals surface area contributed by atoms with Gasteiger partial charge in [-0.25, -0.2) is 0 Å². The largest absolute Gasteiger partial charge is 0.330 e. The zero-order valence-electron chi connectivity index (χ0n) is 9.13. The van der Waals surface area contributed by atoms with Crippen molar-refractivity contribution in [1.29, 1.82) is 0 Å². The Morgan fingerprint density at radius 3 is 2.54 bits per heavy atom. The fraction of sp³-hybridized carbons (Fsp3) is 1.00. The van der Waals surface area contributed by atoms with Gasteiger partial charge >= 0.3 is 0 Å². The Hall–Kier alpha value is -0.0800. The van der Waals surface area contributed by atoms with Crippen LogP contribution in [0.2, 0.25) is 0 Å². The predicted molar refractivity (Wildman–Crippen MR) is 57.7 cm³/mol. The zero-order valence-corrected chi connectivity index (χ0v) is 9.13. The maximum absolute atomic E-state index is 5.60. The third-order valence-corrected chi connectivity index (χ3v) is 3.07. The van der Waals surface area contributed by atoms with E-state index in [-0.39, 0.29) is 0 Å². The molecule has 0 saturated heterocycles. The van der Waals surface area contributed by atoms with Crippen molar-refractivity contribution in [2.24, 2.45) is 17.6 Å². The maximum atomic E-state index is 5.60. The lowest BCUT2D eigenvalue weighted by molar-refractivity contribution is 0.247. The Kier molecular flexibility index (Phi) is 4.74. The average Bonchev–Trinajstić information content (AvgIpc) is 2.56. The van der Waals surface area contributed by atoms with Gasteiger partial charge in [0.2, 0.25) is 0 Å². The number of nitrogens with two attached hydrogens (primary N) is 1. The molecule has 0 heterocycles. The molecule has 1 saturated carbocycles. The van der Waals surface area contributed by atoms with Gasteiger partial charge < -0.3 is 10.6 Å². The summed E-state index contributed by atoms with van der Waals surface area (Å²) in [4.78, 5) is 2.45. The van der Waals surface area contributed by atoms with Crippen molar-refractivity contribution < 1.29 is 0 Å². The van der Waals surface area contributed by atoms with Crippen LogP contribution in [0.5, 0.6) is 0 Å². The summed E-state index contributed by atoms with van der Waals surface area (Å²) >= 11 is 0. The van der Waals surface area contributed by atoms with Gasteiger partial charge in [0.1, 0.15) is 0 Å². The lowest BCUT2D eigenvalue weighted by Crippen LogP contribution is -2.31. The summed E-state index contributed by atoms with van der Waals surface area (Å²) in [6, 6.07) is 0. The van der Waals surface area contributed by atoms with Crippen LogP contribution in [0.1, 0.15) is 32.6 Å². The van der Waals surface area contributed by atoms with Crippen molar-refractivity contribution in [3.8, 4) is 0 Å². The summed E-state index contributed by atoms with van der Waals surface area (Å²) in [5, 5.41) is 0. The van der Waals surface area contributed by atoms with Gasteiger partial charge in [-0.2, -0.15) is 0 Å². The molecule has 1 atom stereocenters. The van der Waals surface area contributed by atoms with E-state index in [1.807, 2.05) is 0 Å². The van der Waals surface area contributed by atoms with Gasteiger partial charge in [0.15, 0.2) is 0 Å². The maximum Gasteiger partial charge on any atom is 0.00161 e. The van der Waals surface area contributed by atoms with Crippen LogP contribution in [0.3, 0.4) is 0 Å². The molecule has 1 aliphatic carbocycles. The van der Waals surface area contributed by atoms with E-state index < -0.39 is 0 Å². The van der Waals surface area contributed by atoms with Crippen LogP contribution < -0.4 is 5.73 Å². The van der Waals surface area contributed by atoms with E-state index in [1.165, 1.54) is 32.2 Å². The van der Waals surface area contributed by atoms with E-state index in [0.29, 0.717) is 5.92 Å². The molecule has 0 aliphatic heterocycles. The Bertz CT molecular complexity index is 130. The van der Waals surface area contributed by atoms with Gasteiger partial charge in [0.05, 0.1) is 0 Å². The summed E-state index contributed by atoms with van der Waals surface area (Å²) in [5.41, 5.74) is 5.60. The van der Waals surface area contributed by atoms with Gasteiger partial charge in [-0.05, 0) is 38.3 Å². The second-order valence-corrected chi connectivity index (χ2v) is 4.71. The van der Waals surface area contributed by atoms with E-state index in [4.69, 9.17) is 5.73 Å². The van der Waals surface area contributed by atoms with E-state index >= 15 is 0 Å². The third-order valence-electron chi connectivity index (χ3n) is 3.07. The topological polar surface area (TPSA) is 29.3 Å². The lowest BCUT2D eigenvalue weighted by atomic mass is 10.1. The molecule has 78 valence electrons. The zero-order chi connectivity index (χ0) is 9.68. The molecule has 1 unspecified atom stereocenters. The van der Waals surface area contributed by atoms with Crippen LogP contribution in [-0.2, 0) is 0 Å². The highest BCUT2D eigenvalue weighted by Crippen LogP contribution is 2.25. The van der Waals surface area contributed by atoms with Crippen LogP contribution >= 0.6 is 0 Å². The highest BCUT2D eigenvalue weighted by molar-refractivity contribution is 4.71. The second kappa shape index (κ2) is 5.61. The van der Waals surface area contributed by atoms with Crippen LogP contribution in [0.4, 0.5) is 0 Å². The van der Waals surface area contributed by atoms with Crippen molar-refractivity contribution in [3.05, 3.63) is 0 Å². The Morgan fingerprint density at radius 1 is 1.38 bits per heavy atom. The Labute approximate surface area is 82.5 Å². The van der Waals surface area contributed by atoms with Crippen molar-refractivity contribution in [2.45, 2.75) is 32.6 Å². The van der Waals surface area contributed by atoms with Crippen molar-refractivity contribution in [1.82, 2.24) is 4.90 Å². The molecular formula is C11H24N2. The molecule has 13 heavy (non-hydrogen) atoms. The van der Waals surface area contributed by atoms with E-state index in [0.717, 1.165) is 19.0 Å². The van der Waals surface area contributed by atoms with Crippen LogP contribution in [0.15, 0.2) is 0 Å². The molecule has 1 rings (SSSR count). The molecule has 0 aromatic carbocycles. The number of hydrogen-bond acceptors (Lipinski definition) is 2. The molecule has 0 aromatic heterocycles. The molecule has 0 amide bonds. The smallest absolute Gasteiger partial charge is 0.00161 e. The second-order valence-electron chi connectivity index (χ2n) is 4.71. The molecule has 2 N–H and O–H groups in total. The molecule has 0 radical (unpaired) electrons. The number of hydrogen-bond donors (Lipinski definition) is 1. The molecule has 2 heteroatoms. The summed E-state index contributed by atoms with van der Waals surface area (Å²) < 4.78 is 0. The lowest BCUT2D eigenvalue weighted by Gasteiger charge is -2.23. The summed E-state index contributed by atoms with van der Waals surface area (Å²) in [6.07, 6.45) is 5.79. The molecule has 1 aliphatic rings. The van der Waals surface area contributed by atoms with E-state index in [1.54, 1.807) is 0 Å². The van der Waals surface area contributed by atoms with Crippen LogP contribution in [0, 0.1) is 11.8 Å². The minimum absolute atomic E-state index is 0.645. The van der Waals surface area contributed by atoms with Crippen molar-refractivity contribution in [3.63, 3.8) is 0 Å². The highest BCUT2D eigenvalue weighted by atomic mass is 15.1. The van der Waals surface area contributed by atoms with Crippen molar-refractivity contribution >= 4 is 0 Å². The van der Waals surface area contributed by atoms with Gasteiger partial charge in [0.25, 0.3) is 0 Å². The minimum atomic E-state index is 0.645. The summed E-state index contributed by atoms with van der Waals surface area (Å²) in [6.45, 7) is 5.48. The van der Waals surface area contributed by atoms with Crippen LogP contribution in [0.25, 0.3) is 0 Å². The first-order chi connectivity index (χ1) is 6.22. The Morgan fingerprint density at radius 2 is 2.00 bits per heavy atom. The molecular weight excluding hydrogens is 160 g/mol. The third kappa shape index (κ3) is 4.10. The average molecular weight is 184 g/mol. The minimum Gasteiger partial charge on any atom is -0.330 e. The van der Waals surface area contributed by atoms with E-state index in [9.17, 15) is 0 Å². The summed E-state index contributed by atoms with van der Waals surface area (Å²) in [7, 11) is 2.23. The van der Waals surface area contributed by atoms with Crippen molar-refractivity contribution in [2.75, 3.05) is 26.7 Å². The molecule has 1 fully saturated rings. The SMILES string of the molecule is CC(CN)CN(C)CC1CCCC1. The quantitative estimate of drug-likeness (QED) is 0.704. The first-order valence-electron chi connectivity index (χ1n) is 5.61. The first kappa shape index (κ1) is 11.0. The normalized spacial score (nSPS) is 21.2. The van der Waals surface area contributed by atoms with Gasteiger partial charge in [0, 0.05) is 13.1 Å². The predicted octanol–water partition coefficient (Wildman–Crippen LogP) is 1.70. The molecule has 0 spiro atoms. The van der Waals surface area contributed by atoms with E-state index in [2.05, 4.69) is 18.9 Å².